The topological polar surface area (TPSA) is 78.0 Å². The molecule has 0 radical (unpaired) electrons. The molecule has 2 aromatic carbocycles. The van der Waals surface area contributed by atoms with E-state index in [1.54, 1.807) is 21.9 Å². The van der Waals surface area contributed by atoms with Crippen molar-refractivity contribution in [3.8, 4) is 0 Å². The van der Waals surface area contributed by atoms with Crippen LogP contribution in [-0.4, -0.2) is 72.3 Å². The summed E-state index contributed by atoms with van der Waals surface area (Å²) in [6, 6.07) is 15.5. The first kappa shape index (κ1) is 29.8. The number of carbonyl (C=O) groups excluding carboxylic acids is 2. The van der Waals surface area contributed by atoms with Crippen molar-refractivity contribution in [2.45, 2.75) is 59.0 Å². The Morgan fingerprint density at radius 1 is 1.00 bits per heavy atom. The van der Waals surface area contributed by atoms with E-state index in [4.69, 9.17) is 0 Å². The average Bonchev–Trinajstić information content (AvgIpc) is 2.88. The lowest BCUT2D eigenvalue weighted by Crippen LogP contribution is -2.52. The Bertz CT molecular complexity index is 1150. The first-order valence-corrected chi connectivity index (χ1v) is 15.0. The molecule has 0 N–H and O–H groups in total. The van der Waals surface area contributed by atoms with Gasteiger partial charge in [0, 0.05) is 32.2 Å². The number of piperidine rings is 1. The van der Waals surface area contributed by atoms with Gasteiger partial charge in [0.2, 0.25) is 21.8 Å². The Labute approximate surface area is 226 Å². The van der Waals surface area contributed by atoms with Crippen molar-refractivity contribution < 1.29 is 22.4 Å². The molecule has 9 heteroatoms. The van der Waals surface area contributed by atoms with Crippen molar-refractivity contribution in [1.82, 2.24) is 14.1 Å². The highest BCUT2D eigenvalue weighted by Crippen LogP contribution is 2.21. The molecule has 0 bridgehead atoms. The van der Waals surface area contributed by atoms with Crippen LogP contribution in [0.15, 0.2) is 54.6 Å². The number of hydrogen-bond acceptors (Lipinski definition) is 4. The summed E-state index contributed by atoms with van der Waals surface area (Å²) in [6.07, 6.45) is 1.92. The highest BCUT2D eigenvalue weighted by molar-refractivity contribution is 7.89. The zero-order chi connectivity index (χ0) is 27.7. The van der Waals surface area contributed by atoms with Gasteiger partial charge in [0.25, 0.3) is 0 Å². The molecule has 0 atom stereocenters. The minimum Gasteiger partial charge on any atom is -0.342 e. The van der Waals surface area contributed by atoms with Gasteiger partial charge in [-0.3, -0.25) is 9.59 Å². The predicted molar refractivity (Wildman–Crippen MR) is 147 cm³/mol. The molecule has 0 unspecified atom stereocenters. The highest BCUT2D eigenvalue weighted by Gasteiger charge is 2.33. The summed E-state index contributed by atoms with van der Waals surface area (Å²) in [5.41, 5.74) is 1.74. The number of halogens is 1. The zero-order valence-electron chi connectivity index (χ0n) is 22.7. The lowest BCUT2D eigenvalue weighted by Gasteiger charge is -2.39. The number of rotatable bonds is 12. The monoisotopic (exact) mass is 545 g/mol. The standard InChI is InChI=1S/C29H40FN3O4S/c1-4-18-38(36,37)32(20-23(2)3)22-29(35)33(21-25-8-6-5-7-9-25)27-14-16-31(17-15-27)28(34)19-24-10-12-26(30)13-11-24/h5-13,23,27H,4,14-22H2,1-3H3. The maximum atomic E-state index is 13.7. The molecule has 3 rings (SSSR count). The van der Waals surface area contributed by atoms with Crippen LogP contribution in [0.2, 0.25) is 0 Å². The van der Waals surface area contributed by atoms with Crippen molar-refractivity contribution >= 4 is 21.8 Å². The van der Waals surface area contributed by atoms with E-state index in [1.165, 1.54) is 16.4 Å². The second-order valence-electron chi connectivity index (χ2n) is 10.4. The number of hydrogen-bond donors (Lipinski definition) is 0. The summed E-state index contributed by atoms with van der Waals surface area (Å²) in [6.45, 7) is 7.22. The lowest BCUT2D eigenvalue weighted by molar-refractivity contribution is -0.137. The van der Waals surface area contributed by atoms with E-state index in [0.717, 1.165) is 11.1 Å². The van der Waals surface area contributed by atoms with E-state index < -0.39 is 10.0 Å². The Morgan fingerprint density at radius 2 is 1.63 bits per heavy atom. The van der Waals surface area contributed by atoms with Crippen LogP contribution in [-0.2, 0) is 32.6 Å². The number of benzene rings is 2. The number of likely N-dealkylation sites (tertiary alicyclic amines) is 1. The number of carbonyl (C=O) groups is 2. The van der Waals surface area contributed by atoms with E-state index in [9.17, 15) is 22.4 Å². The number of amides is 2. The summed E-state index contributed by atoms with van der Waals surface area (Å²) >= 11 is 0. The minimum absolute atomic E-state index is 0.0141. The van der Waals surface area contributed by atoms with E-state index >= 15 is 0 Å². The molecule has 2 amide bonds. The number of nitrogens with zero attached hydrogens (tertiary/aromatic N) is 3. The third-order valence-electron chi connectivity index (χ3n) is 6.78. The number of sulfonamides is 1. The third-order valence-corrected chi connectivity index (χ3v) is 8.77. The maximum absolute atomic E-state index is 13.7. The zero-order valence-corrected chi connectivity index (χ0v) is 23.5. The van der Waals surface area contributed by atoms with Gasteiger partial charge in [-0.05, 0) is 48.4 Å². The quantitative estimate of drug-likeness (QED) is 0.403. The van der Waals surface area contributed by atoms with Gasteiger partial charge >= 0.3 is 0 Å². The molecule has 0 aromatic heterocycles. The third kappa shape index (κ3) is 8.63. The summed E-state index contributed by atoms with van der Waals surface area (Å²) in [5, 5.41) is 0. The first-order chi connectivity index (χ1) is 18.1. The second kappa shape index (κ2) is 13.8. The molecule has 0 aliphatic carbocycles. The SMILES string of the molecule is CCCS(=O)(=O)N(CC(=O)N(Cc1ccccc1)C1CCN(C(=O)Cc2ccc(F)cc2)CC1)CC(C)C. The second-order valence-corrected chi connectivity index (χ2v) is 12.5. The van der Waals surface area contributed by atoms with Gasteiger partial charge < -0.3 is 9.80 Å². The van der Waals surface area contributed by atoms with Gasteiger partial charge in [-0.1, -0.05) is 63.2 Å². The van der Waals surface area contributed by atoms with Crippen molar-refractivity contribution in [2.75, 3.05) is 31.9 Å². The van der Waals surface area contributed by atoms with Crippen molar-refractivity contribution in [3.63, 3.8) is 0 Å². The van der Waals surface area contributed by atoms with E-state index in [1.807, 2.05) is 51.1 Å². The lowest BCUT2D eigenvalue weighted by atomic mass is 10.0. The van der Waals surface area contributed by atoms with Crippen LogP contribution >= 0.6 is 0 Å². The van der Waals surface area contributed by atoms with Crippen LogP contribution < -0.4 is 0 Å². The average molecular weight is 546 g/mol. The van der Waals surface area contributed by atoms with Crippen LogP contribution in [0.5, 0.6) is 0 Å². The Balaban J connectivity index is 1.72. The van der Waals surface area contributed by atoms with Crippen LogP contribution in [0.3, 0.4) is 0 Å². The molecule has 38 heavy (non-hydrogen) atoms. The summed E-state index contributed by atoms with van der Waals surface area (Å²) < 4.78 is 40.4. The molecule has 1 aliphatic rings. The molecule has 1 aliphatic heterocycles. The van der Waals surface area contributed by atoms with E-state index in [-0.39, 0.29) is 48.3 Å². The Hall–Kier alpha value is -2.78. The molecule has 0 saturated carbocycles. The smallest absolute Gasteiger partial charge is 0.238 e. The molecule has 2 aromatic rings. The fraction of sp³-hybridized carbons (Fsp3) is 0.517. The Kier molecular flexibility index (Phi) is 10.8. The van der Waals surface area contributed by atoms with Crippen LogP contribution in [0.4, 0.5) is 4.39 Å². The van der Waals surface area contributed by atoms with Crippen LogP contribution in [0.25, 0.3) is 0 Å². The summed E-state index contributed by atoms with van der Waals surface area (Å²) in [4.78, 5) is 30.1. The van der Waals surface area contributed by atoms with Gasteiger partial charge in [-0.15, -0.1) is 0 Å². The van der Waals surface area contributed by atoms with Crippen molar-refractivity contribution in [2.24, 2.45) is 5.92 Å². The predicted octanol–water partition coefficient (Wildman–Crippen LogP) is 4.09. The van der Waals surface area contributed by atoms with E-state index in [0.29, 0.717) is 45.4 Å². The fourth-order valence-electron chi connectivity index (χ4n) is 4.83. The van der Waals surface area contributed by atoms with Gasteiger partial charge in [0.1, 0.15) is 5.82 Å². The largest absolute Gasteiger partial charge is 0.342 e. The Morgan fingerprint density at radius 3 is 2.21 bits per heavy atom. The van der Waals surface area contributed by atoms with Gasteiger partial charge in [-0.2, -0.15) is 4.31 Å². The van der Waals surface area contributed by atoms with Crippen molar-refractivity contribution in [3.05, 3.63) is 71.5 Å². The summed E-state index contributed by atoms with van der Waals surface area (Å²) in [5.74, 6) is -0.470. The molecular weight excluding hydrogens is 505 g/mol. The van der Waals surface area contributed by atoms with Crippen molar-refractivity contribution in [1.29, 1.82) is 0 Å². The highest BCUT2D eigenvalue weighted by atomic mass is 32.2. The molecule has 1 saturated heterocycles. The van der Waals surface area contributed by atoms with E-state index in [2.05, 4.69) is 0 Å². The molecular formula is C29H40FN3O4S. The molecule has 1 heterocycles. The van der Waals surface area contributed by atoms with Crippen LogP contribution in [0.1, 0.15) is 51.2 Å². The first-order valence-electron chi connectivity index (χ1n) is 13.4. The summed E-state index contributed by atoms with van der Waals surface area (Å²) in [7, 11) is -3.54. The normalized spacial score (nSPS) is 14.7. The minimum atomic E-state index is -3.54. The van der Waals surface area contributed by atoms with Crippen LogP contribution in [0, 0.1) is 11.7 Å². The van der Waals surface area contributed by atoms with Gasteiger partial charge in [-0.25, -0.2) is 12.8 Å². The maximum Gasteiger partial charge on any atom is 0.238 e. The molecule has 7 nitrogen and oxygen atoms in total. The molecule has 208 valence electrons. The molecule has 0 spiro atoms. The van der Waals surface area contributed by atoms with Gasteiger partial charge in [0.05, 0.1) is 18.7 Å². The van der Waals surface area contributed by atoms with Gasteiger partial charge in [0.15, 0.2) is 0 Å². The molecule has 1 fully saturated rings. The fourth-order valence-corrected chi connectivity index (χ4v) is 6.44.